The van der Waals surface area contributed by atoms with Crippen LogP contribution in [0.3, 0.4) is 0 Å². The molecule has 1 aliphatic rings. The van der Waals surface area contributed by atoms with Gasteiger partial charge in [0.15, 0.2) is 0 Å². The molecule has 0 aromatic rings. The molecule has 1 N–H and O–H groups in total. The summed E-state index contributed by atoms with van der Waals surface area (Å²) in [5.41, 5.74) is 0. The summed E-state index contributed by atoms with van der Waals surface area (Å²) in [6.45, 7) is 4.38. The van der Waals surface area contributed by atoms with Crippen LogP contribution in [-0.4, -0.2) is 17.3 Å². The summed E-state index contributed by atoms with van der Waals surface area (Å²) in [7, 11) is 0. The third-order valence-corrected chi connectivity index (χ3v) is 3.79. The van der Waals surface area contributed by atoms with E-state index < -0.39 is 0 Å². The van der Waals surface area contributed by atoms with Crippen LogP contribution in [0.5, 0.6) is 0 Å². The van der Waals surface area contributed by atoms with Crippen molar-refractivity contribution in [1.82, 2.24) is 5.32 Å². The van der Waals surface area contributed by atoms with Gasteiger partial charge in [-0.05, 0) is 31.1 Å². The Morgan fingerprint density at radius 1 is 1.47 bits per heavy atom. The molecule has 0 aromatic carbocycles. The molecule has 1 fully saturated rings. The molecular formula is C12H22BrNO. The second-order valence-corrected chi connectivity index (χ2v) is 5.70. The molecule has 0 heterocycles. The van der Waals surface area contributed by atoms with Gasteiger partial charge < -0.3 is 5.32 Å². The lowest BCUT2D eigenvalue weighted by Gasteiger charge is -2.26. The summed E-state index contributed by atoms with van der Waals surface area (Å²) in [6, 6.07) is 0.303. The van der Waals surface area contributed by atoms with Crippen LogP contribution >= 0.6 is 15.9 Å². The number of nitrogens with one attached hydrogen (secondary N) is 1. The van der Waals surface area contributed by atoms with E-state index in [0.717, 1.165) is 18.2 Å². The van der Waals surface area contributed by atoms with Gasteiger partial charge in [0.05, 0.1) is 0 Å². The first kappa shape index (κ1) is 13.0. The van der Waals surface area contributed by atoms with Gasteiger partial charge in [-0.2, -0.15) is 0 Å². The first-order valence-corrected chi connectivity index (χ1v) is 7.09. The largest absolute Gasteiger partial charge is 0.353 e. The Morgan fingerprint density at radius 3 is 2.53 bits per heavy atom. The maximum absolute atomic E-state index is 11.7. The molecule has 15 heavy (non-hydrogen) atoms. The van der Waals surface area contributed by atoms with E-state index in [0.29, 0.717) is 17.9 Å². The van der Waals surface area contributed by atoms with Crippen LogP contribution in [0.4, 0.5) is 0 Å². The zero-order valence-electron chi connectivity index (χ0n) is 9.76. The van der Waals surface area contributed by atoms with Crippen LogP contribution in [0.1, 0.15) is 46.0 Å². The fourth-order valence-electron chi connectivity index (χ4n) is 1.98. The highest BCUT2D eigenvalue weighted by Gasteiger charge is 2.21. The van der Waals surface area contributed by atoms with Crippen molar-refractivity contribution in [3.05, 3.63) is 0 Å². The standard InChI is InChI=1S/C12H22BrNO/c1-9(2)6-11(8-13)14-12(15)7-10-4-3-5-10/h9-11H,3-8H2,1-2H3,(H,14,15). The van der Waals surface area contributed by atoms with Crippen LogP contribution in [0.25, 0.3) is 0 Å². The van der Waals surface area contributed by atoms with Gasteiger partial charge in [-0.25, -0.2) is 0 Å². The van der Waals surface area contributed by atoms with Crippen molar-refractivity contribution >= 4 is 21.8 Å². The van der Waals surface area contributed by atoms with Gasteiger partial charge in [-0.15, -0.1) is 0 Å². The second kappa shape index (κ2) is 6.51. The van der Waals surface area contributed by atoms with Crippen molar-refractivity contribution in [3.8, 4) is 0 Å². The molecule has 1 atom stereocenters. The highest BCUT2D eigenvalue weighted by Crippen LogP contribution is 2.29. The summed E-state index contributed by atoms with van der Waals surface area (Å²) < 4.78 is 0. The number of carbonyl (C=O) groups excluding carboxylic acids is 1. The average molecular weight is 276 g/mol. The van der Waals surface area contributed by atoms with Crippen molar-refractivity contribution in [3.63, 3.8) is 0 Å². The van der Waals surface area contributed by atoms with Crippen molar-refractivity contribution in [2.45, 2.75) is 52.0 Å². The number of hydrogen-bond donors (Lipinski definition) is 1. The molecular weight excluding hydrogens is 254 g/mol. The van der Waals surface area contributed by atoms with E-state index in [1.54, 1.807) is 0 Å². The van der Waals surface area contributed by atoms with Gasteiger partial charge >= 0.3 is 0 Å². The topological polar surface area (TPSA) is 29.1 Å². The van der Waals surface area contributed by atoms with Crippen LogP contribution < -0.4 is 5.32 Å². The molecule has 1 saturated carbocycles. The van der Waals surface area contributed by atoms with Gasteiger partial charge in [0.25, 0.3) is 0 Å². The average Bonchev–Trinajstić information content (AvgIpc) is 2.09. The van der Waals surface area contributed by atoms with E-state index >= 15 is 0 Å². The Balaban J connectivity index is 2.20. The molecule has 0 saturated heterocycles. The van der Waals surface area contributed by atoms with E-state index in [2.05, 4.69) is 35.1 Å². The fraction of sp³-hybridized carbons (Fsp3) is 0.917. The van der Waals surface area contributed by atoms with Crippen LogP contribution in [0, 0.1) is 11.8 Å². The molecule has 1 rings (SSSR count). The Bertz CT molecular complexity index is 202. The highest BCUT2D eigenvalue weighted by molar-refractivity contribution is 9.09. The Hall–Kier alpha value is -0.0500. The number of halogens is 1. The SMILES string of the molecule is CC(C)CC(CBr)NC(=O)CC1CCC1. The molecule has 3 heteroatoms. The molecule has 1 amide bonds. The van der Waals surface area contributed by atoms with Crippen molar-refractivity contribution in [2.75, 3.05) is 5.33 Å². The third kappa shape index (κ3) is 5.01. The van der Waals surface area contributed by atoms with E-state index in [4.69, 9.17) is 0 Å². The summed E-state index contributed by atoms with van der Waals surface area (Å²) in [6.07, 6.45) is 5.60. The number of alkyl halides is 1. The van der Waals surface area contributed by atoms with Gasteiger partial charge in [0.1, 0.15) is 0 Å². The molecule has 0 aromatic heterocycles. The van der Waals surface area contributed by atoms with E-state index in [9.17, 15) is 4.79 Å². The molecule has 0 radical (unpaired) electrons. The van der Waals surface area contributed by atoms with Crippen molar-refractivity contribution in [1.29, 1.82) is 0 Å². The van der Waals surface area contributed by atoms with Gasteiger partial charge in [-0.3, -0.25) is 4.79 Å². The summed E-state index contributed by atoms with van der Waals surface area (Å²) in [5.74, 6) is 1.54. The summed E-state index contributed by atoms with van der Waals surface area (Å²) in [5, 5.41) is 3.97. The Morgan fingerprint density at radius 2 is 2.13 bits per heavy atom. The van der Waals surface area contributed by atoms with Gasteiger partial charge in [-0.1, -0.05) is 36.2 Å². The molecule has 0 aliphatic heterocycles. The van der Waals surface area contributed by atoms with Gasteiger partial charge in [0, 0.05) is 17.8 Å². The zero-order chi connectivity index (χ0) is 11.3. The minimum absolute atomic E-state index is 0.241. The zero-order valence-corrected chi connectivity index (χ0v) is 11.3. The fourth-order valence-corrected chi connectivity index (χ4v) is 2.40. The highest BCUT2D eigenvalue weighted by atomic mass is 79.9. The van der Waals surface area contributed by atoms with Crippen LogP contribution in [0.2, 0.25) is 0 Å². The van der Waals surface area contributed by atoms with Crippen molar-refractivity contribution in [2.24, 2.45) is 11.8 Å². The molecule has 0 bridgehead atoms. The molecule has 1 unspecified atom stereocenters. The quantitative estimate of drug-likeness (QED) is 0.742. The van der Waals surface area contributed by atoms with Crippen LogP contribution in [-0.2, 0) is 4.79 Å². The number of hydrogen-bond acceptors (Lipinski definition) is 1. The summed E-state index contributed by atoms with van der Waals surface area (Å²) >= 11 is 3.46. The normalized spacial score (nSPS) is 18.7. The van der Waals surface area contributed by atoms with Crippen molar-refractivity contribution < 1.29 is 4.79 Å². The minimum Gasteiger partial charge on any atom is -0.353 e. The monoisotopic (exact) mass is 275 g/mol. The lowest BCUT2D eigenvalue weighted by atomic mass is 9.83. The lowest BCUT2D eigenvalue weighted by molar-refractivity contribution is -0.123. The smallest absolute Gasteiger partial charge is 0.220 e. The number of carbonyl (C=O) groups is 1. The first-order chi connectivity index (χ1) is 7.11. The third-order valence-electron chi connectivity index (χ3n) is 3.01. The molecule has 1 aliphatic carbocycles. The molecule has 88 valence electrons. The molecule has 2 nitrogen and oxygen atoms in total. The Kier molecular flexibility index (Phi) is 5.65. The number of rotatable bonds is 6. The Labute approximate surface area is 101 Å². The predicted octanol–water partition coefficient (Wildman–Crippen LogP) is 3.10. The molecule has 0 spiro atoms. The lowest BCUT2D eigenvalue weighted by Crippen LogP contribution is -2.38. The first-order valence-electron chi connectivity index (χ1n) is 5.97. The number of amides is 1. The maximum atomic E-state index is 11.7. The van der Waals surface area contributed by atoms with Crippen LogP contribution in [0.15, 0.2) is 0 Å². The van der Waals surface area contributed by atoms with E-state index in [-0.39, 0.29) is 5.91 Å². The van der Waals surface area contributed by atoms with E-state index in [1.807, 2.05) is 0 Å². The van der Waals surface area contributed by atoms with E-state index in [1.165, 1.54) is 19.3 Å². The maximum Gasteiger partial charge on any atom is 0.220 e. The minimum atomic E-state index is 0.241. The second-order valence-electron chi connectivity index (χ2n) is 5.05. The van der Waals surface area contributed by atoms with Gasteiger partial charge in [0.2, 0.25) is 5.91 Å². The predicted molar refractivity (Wildman–Crippen MR) is 67.1 cm³/mol. The summed E-state index contributed by atoms with van der Waals surface area (Å²) in [4.78, 5) is 11.7.